The summed E-state index contributed by atoms with van der Waals surface area (Å²) in [6.45, 7) is 1.76. The Balaban J connectivity index is 2.08. The van der Waals surface area contributed by atoms with Crippen LogP contribution in [0.3, 0.4) is 0 Å². The number of alkyl halides is 3. The number of hydrogen-bond acceptors (Lipinski definition) is 2. The van der Waals surface area contributed by atoms with Crippen LogP contribution >= 0.6 is 0 Å². The van der Waals surface area contributed by atoms with Gasteiger partial charge in [-0.1, -0.05) is 31.2 Å². The minimum Gasteiger partial charge on any atom is -0.481 e. The minimum atomic E-state index is -4.45. The van der Waals surface area contributed by atoms with Crippen molar-refractivity contribution < 1.29 is 22.7 Å². The molecule has 3 nitrogen and oxygen atoms in total. The van der Waals surface area contributed by atoms with E-state index in [0.717, 1.165) is 12.1 Å². The standard InChI is InChI=1S/C17H16F3NO2/c1-2-15(23-14-9-4-3-5-10-14)16(22)21-13-8-6-7-12(11-13)17(18,19)20/h3-11,15H,2H2,1H3,(H,21,22)/t15-/m1/s1. The van der Waals surface area contributed by atoms with Gasteiger partial charge in [0.15, 0.2) is 6.10 Å². The van der Waals surface area contributed by atoms with Gasteiger partial charge in [-0.3, -0.25) is 4.79 Å². The van der Waals surface area contributed by atoms with Gasteiger partial charge >= 0.3 is 6.18 Å². The van der Waals surface area contributed by atoms with E-state index in [1.807, 2.05) is 6.07 Å². The van der Waals surface area contributed by atoms with Gasteiger partial charge in [-0.15, -0.1) is 0 Å². The zero-order chi connectivity index (χ0) is 16.9. The molecule has 0 spiro atoms. The zero-order valence-corrected chi connectivity index (χ0v) is 12.4. The number of ether oxygens (including phenoxy) is 1. The van der Waals surface area contributed by atoms with Gasteiger partial charge in [-0.2, -0.15) is 13.2 Å². The second-order valence-electron chi connectivity index (χ2n) is 4.90. The maximum absolute atomic E-state index is 12.7. The van der Waals surface area contributed by atoms with Crippen LogP contribution in [0, 0.1) is 0 Å². The number of carbonyl (C=O) groups is 1. The molecule has 0 bridgehead atoms. The number of amides is 1. The molecule has 2 aromatic carbocycles. The molecule has 0 saturated carbocycles. The molecule has 2 rings (SSSR count). The average molecular weight is 323 g/mol. The number of hydrogen-bond donors (Lipinski definition) is 1. The van der Waals surface area contributed by atoms with Crippen LogP contribution in [0.5, 0.6) is 5.75 Å². The second-order valence-corrected chi connectivity index (χ2v) is 4.90. The summed E-state index contributed by atoms with van der Waals surface area (Å²) in [6.07, 6.45) is -4.85. The highest BCUT2D eigenvalue weighted by Gasteiger charge is 2.30. The number of benzene rings is 2. The van der Waals surface area contributed by atoms with Crippen molar-refractivity contribution in [3.8, 4) is 5.75 Å². The van der Waals surface area contributed by atoms with E-state index in [1.165, 1.54) is 12.1 Å². The van der Waals surface area contributed by atoms with Crippen molar-refractivity contribution in [3.63, 3.8) is 0 Å². The lowest BCUT2D eigenvalue weighted by atomic mass is 10.2. The predicted molar refractivity (Wildman–Crippen MR) is 81.2 cm³/mol. The summed E-state index contributed by atoms with van der Waals surface area (Å²) >= 11 is 0. The highest BCUT2D eigenvalue weighted by Crippen LogP contribution is 2.30. The van der Waals surface area contributed by atoms with Gasteiger partial charge in [0.25, 0.3) is 5.91 Å². The van der Waals surface area contributed by atoms with E-state index in [9.17, 15) is 18.0 Å². The van der Waals surface area contributed by atoms with Gasteiger partial charge in [-0.25, -0.2) is 0 Å². The average Bonchev–Trinajstić information content (AvgIpc) is 2.53. The van der Waals surface area contributed by atoms with E-state index in [-0.39, 0.29) is 5.69 Å². The number of carbonyl (C=O) groups excluding carboxylic acids is 1. The number of halogens is 3. The van der Waals surface area contributed by atoms with Crippen LogP contribution in [-0.4, -0.2) is 12.0 Å². The third-order valence-electron chi connectivity index (χ3n) is 3.14. The first-order valence-corrected chi connectivity index (χ1v) is 7.10. The van der Waals surface area contributed by atoms with Crippen LogP contribution < -0.4 is 10.1 Å². The third kappa shape index (κ3) is 4.74. The van der Waals surface area contributed by atoms with E-state index in [1.54, 1.807) is 31.2 Å². The number of para-hydroxylation sites is 1. The van der Waals surface area contributed by atoms with Crippen molar-refractivity contribution in [1.82, 2.24) is 0 Å². The molecule has 0 aromatic heterocycles. The molecular weight excluding hydrogens is 307 g/mol. The summed E-state index contributed by atoms with van der Waals surface area (Å²) in [5, 5.41) is 2.46. The summed E-state index contributed by atoms with van der Waals surface area (Å²) in [4.78, 5) is 12.2. The third-order valence-corrected chi connectivity index (χ3v) is 3.14. The van der Waals surface area contributed by atoms with Crippen LogP contribution in [0.1, 0.15) is 18.9 Å². The Bertz CT molecular complexity index is 656. The van der Waals surface area contributed by atoms with Crippen LogP contribution in [0.4, 0.5) is 18.9 Å². The molecule has 0 heterocycles. The lowest BCUT2D eigenvalue weighted by molar-refractivity contribution is -0.137. The van der Waals surface area contributed by atoms with Gasteiger partial charge < -0.3 is 10.1 Å². The zero-order valence-electron chi connectivity index (χ0n) is 12.4. The number of rotatable bonds is 5. The molecule has 122 valence electrons. The quantitative estimate of drug-likeness (QED) is 0.880. The Morgan fingerprint density at radius 3 is 2.43 bits per heavy atom. The first-order chi connectivity index (χ1) is 10.9. The molecule has 6 heteroatoms. The Morgan fingerprint density at radius 1 is 1.13 bits per heavy atom. The van der Waals surface area contributed by atoms with Crippen molar-refractivity contribution in [1.29, 1.82) is 0 Å². The topological polar surface area (TPSA) is 38.3 Å². The number of nitrogens with one attached hydrogen (secondary N) is 1. The molecule has 0 fully saturated rings. The van der Waals surface area contributed by atoms with Crippen LogP contribution in [-0.2, 0) is 11.0 Å². The second kappa shape index (κ2) is 7.17. The molecule has 2 aromatic rings. The van der Waals surface area contributed by atoms with Crippen LogP contribution in [0.15, 0.2) is 54.6 Å². The monoisotopic (exact) mass is 323 g/mol. The molecule has 0 aliphatic carbocycles. The van der Waals surface area contributed by atoms with E-state index in [4.69, 9.17) is 4.74 Å². The molecule has 0 unspecified atom stereocenters. The van der Waals surface area contributed by atoms with Gasteiger partial charge in [0, 0.05) is 5.69 Å². The molecule has 1 amide bonds. The van der Waals surface area contributed by atoms with E-state index >= 15 is 0 Å². The molecule has 0 aliphatic rings. The minimum absolute atomic E-state index is 0.0833. The van der Waals surface area contributed by atoms with Crippen molar-refractivity contribution in [2.45, 2.75) is 25.6 Å². The Hall–Kier alpha value is -2.50. The summed E-state index contributed by atoms with van der Waals surface area (Å²) in [6, 6.07) is 13.3. The summed E-state index contributed by atoms with van der Waals surface area (Å²) < 4.78 is 43.6. The Morgan fingerprint density at radius 2 is 1.83 bits per heavy atom. The first kappa shape index (κ1) is 16.9. The molecule has 0 radical (unpaired) electrons. The van der Waals surface area contributed by atoms with Gasteiger partial charge in [-0.05, 0) is 36.8 Å². The smallest absolute Gasteiger partial charge is 0.416 e. The predicted octanol–water partition coefficient (Wildman–Crippen LogP) is 4.50. The van der Waals surface area contributed by atoms with Crippen molar-refractivity contribution in [2.75, 3.05) is 5.32 Å². The van der Waals surface area contributed by atoms with Crippen LogP contribution in [0.2, 0.25) is 0 Å². The Kier molecular flexibility index (Phi) is 5.26. The summed E-state index contributed by atoms with van der Waals surface area (Å²) in [7, 11) is 0. The SMILES string of the molecule is CC[C@@H](Oc1ccccc1)C(=O)Nc1cccc(C(F)(F)F)c1. The normalized spacial score (nSPS) is 12.5. The molecule has 23 heavy (non-hydrogen) atoms. The maximum atomic E-state index is 12.7. The summed E-state index contributed by atoms with van der Waals surface area (Å²) in [5.41, 5.74) is -0.729. The summed E-state index contributed by atoms with van der Waals surface area (Å²) in [5.74, 6) is 0.0363. The molecule has 0 saturated heterocycles. The van der Waals surface area contributed by atoms with Crippen molar-refractivity contribution >= 4 is 11.6 Å². The highest BCUT2D eigenvalue weighted by molar-refractivity contribution is 5.94. The van der Waals surface area contributed by atoms with Gasteiger partial charge in [0.05, 0.1) is 5.56 Å². The fourth-order valence-electron chi connectivity index (χ4n) is 1.98. The molecular formula is C17H16F3NO2. The lowest BCUT2D eigenvalue weighted by Gasteiger charge is -2.17. The highest BCUT2D eigenvalue weighted by atomic mass is 19.4. The van der Waals surface area contributed by atoms with E-state index in [2.05, 4.69) is 5.32 Å². The van der Waals surface area contributed by atoms with Crippen LogP contribution in [0.25, 0.3) is 0 Å². The number of anilines is 1. The molecule has 0 aliphatic heterocycles. The maximum Gasteiger partial charge on any atom is 0.416 e. The Labute approximate surface area is 132 Å². The van der Waals surface area contributed by atoms with Gasteiger partial charge in [0.2, 0.25) is 0 Å². The molecule has 1 N–H and O–H groups in total. The lowest BCUT2D eigenvalue weighted by Crippen LogP contribution is -2.32. The van der Waals surface area contributed by atoms with E-state index < -0.39 is 23.8 Å². The molecule has 1 atom stereocenters. The van der Waals surface area contributed by atoms with Crippen molar-refractivity contribution in [3.05, 3.63) is 60.2 Å². The fourth-order valence-corrected chi connectivity index (χ4v) is 1.98. The fraction of sp³-hybridized carbons (Fsp3) is 0.235. The van der Waals surface area contributed by atoms with Crippen molar-refractivity contribution in [2.24, 2.45) is 0 Å². The van der Waals surface area contributed by atoms with E-state index in [0.29, 0.717) is 12.2 Å². The largest absolute Gasteiger partial charge is 0.481 e. The van der Waals surface area contributed by atoms with Gasteiger partial charge in [0.1, 0.15) is 5.75 Å². The first-order valence-electron chi connectivity index (χ1n) is 7.10.